The minimum absolute atomic E-state index is 0.0148. The second-order valence-corrected chi connectivity index (χ2v) is 8.69. The number of nitrogens with one attached hydrogen (secondary N) is 3. The highest BCUT2D eigenvalue weighted by Gasteiger charge is 2.21. The number of H-pyrrole nitrogens is 1. The summed E-state index contributed by atoms with van der Waals surface area (Å²) in [6.07, 6.45) is 3.59. The van der Waals surface area contributed by atoms with Crippen LogP contribution in [0.2, 0.25) is 0 Å². The van der Waals surface area contributed by atoms with Gasteiger partial charge in [0, 0.05) is 40.7 Å². The molecule has 10 heteroatoms. The summed E-state index contributed by atoms with van der Waals surface area (Å²) in [5.74, 6) is 0.330. The Balaban J connectivity index is 1.40. The Morgan fingerprint density at radius 2 is 1.94 bits per heavy atom. The van der Waals surface area contributed by atoms with Crippen molar-refractivity contribution in [2.24, 2.45) is 0 Å². The van der Waals surface area contributed by atoms with Crippen molar-refractivity contribution in [3.05, 3.63) is 71.9 Å². The summed E-state index contributed by atoms with van der Waals surface area (Å²) in [4.78, 5) is 21.2. The minimum Gasteiger partial charge on any atom is -0.484 e. The fourth-order valence-electron chi connectivity index (χ4n) is 3.86. The Kier molecular flexibility index (Phi) is 6.59. The number of fused-ring (bicyclic) bond motifs is 1. The fourth-order valence-corrected chi connectivity index (χ4v) is 3.86. The van der Waals surface area contributed by atoms with Gasteiger partial charge in [-0.3, -0.25) is 9.89 Å². The Labute approximate surface area is 207 Å². The standard InChI is InChI=1S/C26H25FN6O3/c1-15(2)30-24(34)14-36-21-8-17(7-19(27)9-21)25-32-23-13-35-12-22(23)26(33-25)31-20-5-3-16(4-6-20)18-10-28-29-11-18/h3-11,15H,12-14H2,1-2H3,(H,28,29)(H,30,34)(H,31,32,33). The van der Waals surface area contributed by atoms with Gasteiger partial charge in [-0.25, -0.2) is 14.4 Å². The van der Waals surface area contributed by atoms with Gasteiger partial charge in [0.15, 0.2) is 12.4 Å². The van der Waals surface area contributed by atoms with Crippen LogP contribution in [-0.4, -0.2) is 38.7 Å². The average Bonchev–Trinajstić information content (AvgIpc) is 3.55. The van der Waals surface area contributed by atoms with Gasteiger partial charge in [0.2, 0.25) is 0 Å². The monoisotopic (exact) mass is 488 g/mol. The van der Waals surface area contributed by atoms with Gasteiger partial charge in [0.25, 0.3) is 5.91 Å². The van der Waals surface area contributed by atoms with Crippen molar-refractivity contribution in [2.45, 2.75) is 33.1 Å². The van der Waals surface area contributed by atoms with Crippen molar-refractivity contribution in [3.8, 4) is 28.3 Å². The molecule has 0 atom stereocenters. The lowest BCUT2D eigenvalue weighted by Gasteiger charge is -2.13. The van der Waals surface area contributed by atoms with Crippen molar-refractivity contribution in [3.63, 3.8) is 0 Å². The molecule has 0 radical (unpaired) electrons. The molecule has 0 bridgehead atoms. The van der Waals surface area contributed by atoms with E-state index in [2.05, 4.69) is 30.8 Å². The van der Waals surface area contributed by atoms with Crippen molar-refractivity contribution in [2.75, 3.05) is 11.9 Å². The molecule has 1 aliphatic heterocycles. The number of hydrogen-bond acceptors (Lipinski definition) is 7. The number of benzene rings is 2. The number of carbonyl (C=O) groups excluding carboxylic acids is 1. The molecule has 0 spiro atoms. The van der Waals surface area contributed by atoms with Gasteiger partial charge in [-0.15, -0.1) is 0 Å². The molecule has 2 aromatic carbocycles. The summed E-state index contributed by atoms with van der Waals surface area (Å²) in [5.41, 5.74) is 4.88. The zero-order valence-corrected chi connectivity index (χ0v) is 19.8. The van der Waals surface area contributed by atoms with Gasteiger partial charge in [-0.05, 0) is 43.7 Å². The van der Waals surface area contributed by atoms with Crippen molar-refractivity contribution < 1.29 is 18.7 Å². The molecule has 0 aliphatic carbocycles. The molecule has 0 saturated heterocycles. The molecule has 3 N–H and O–H groups in total. The van der Waals surface area contributed by atoms with Crippen molar-refractivity contribution in [1.82, 2.24) is 25.5 Å². The predicted molar refractivity (Wildman–Crippen MR) is 132 cm³/mol. The Bertz CT molecular complexity index is 1370. The number of anilines is 2. The van der Waals surface area contributed by atoms with E-state index in [4.69, 9.17) is 9.47 Å². The molecule has 3 heterocycles. The lowest BCUT2D eigenvalue weighted by atomic mass is 10.1. The first kappa shape index (κ1) is 23.4. The smallest absolute Gasteiger partial charge is 0.258 e. The van der Waals surface area contributed by atoms with Crippen LogP contribution < -0.4 is 15.4 Å². The van der Waals surface area contributed by atoms with Gasteiger partial charge in [-0.2, -0.15) is 5.10 Å². The highest BCUT2D eigenvalue weighted by Crippen LogP contribution is 2.32. The fraction of sp³-hybridized carbons (Fsp3) is 0.231. The number of ether oxygens (including phenoxy) is 2. The van der Waals surface area contributed by atoms with E-state index in [1.54, 1.807) is 12.3 Å². The van der Waals surface area contributed by atoms with E-state index in [0.717, 1.165) is 28.1 Å². The van der Waals surface area contributed by atoms with Crippen LogP contribution in [0.25, 0.3) is 22.5 Å². The van der Waals surface area contributed by atoms with E-state index < -0.39 is 5.82 Å². The SMILES string of the molecule is CC(C)NC(=O)COc1cc(F)cc(-c2nc3c(c(Nc4ccc(-c5cn[nH]c5)cc4)n2)COC3)c1. The molecule has 2 aromatic heterocycles. The molecule has 36 heavy (non-hydrogen) atoms. The number of halogens is 1. The van der Waals surface area contributed by atoms with E-state index in [0.29, 0.717) is 30.4 Å². The van der Waals surface area contributed by atoms with E-state index >= 15 is 0 Å². The number of carbonyl (C=O) groups is 1. The maximum Gasteiger partial charge on any atom is 0.258 e. The lowest BCUT2D eigenvalue weighted by molar-refractivity contribution is -0.123. The molecule has 0 unspecified atom stereocenters. The summed E-state index contributed by atoms with van der Waals surface area (Å²) in [5, 5.41) is 12.9. The third-order valence-electron chi connectivity index (χ3n) is 5.51. The van der Waals surface area contributed by atoms with Gasteiger partial charge in [0.1, 0.15) is 17.4 Å². The second-order valence-electron chi connectivity index (χ2n) is 8.69. The van der Waals surface area contributed by atoms with Gasteiger partial charge in [0.05, 0.1) is 25.1 Å². The summed E-state index contributed by atoms with van der Waals surface area (Å²) in [6.45, 7) is 4.21. The van der Waals surface area contributed by atoms with Gasteiger partial charge in [-0.1, -0.05) is 12.1 Å². The average molecular weight is 489 g/mol. The van der Waals surface area contributed by atoms with Crippen LogP contribution in [0.1, 0.15) is 25.1 Å². The van der Waals surface area contributed by atoms with E-state index in [1.165, 1.54) is 12.1 Å². The van der Waals surface area contributed by atoms with E-state index in [-0.39, 0.29) is 24.3 Å². The van der Waals surface area contributed by atoms with Crippen molar-refractivity contribution in [1.29, 1.82) is 0 Å². The number of nitrogens with zero attached hydrogens (tertiary/aromatic N) is 3. The summed E-state index contributed by atoms with van der Waals surface area (Å²) in [6, 6.07) is 12.0. The highest BCUT2D eigenvalue weighted by atomic mass is 19.1. The van der Waals surface area contributed by atoms with E-state index in [1.807, 2.05) is 44.3 Å². The number of rotatable bonds is 8. The maximum atomic E-state index is 14.4. The quantitative estimate of drug-likeness (QED) is 0.338. The molecular formula is C26H25FN6O3. The van der Waals surface area contributed by atoms with Crippen LogP contribution in [0.5, 0.6) is 5.75 Å². The van der Waals surface area contributed by atoms with Crippen molar-refractivity contribution >= 4 is 17.4 Å². The predicted octanol–water partition coefficient (Wildman–Crippen LogP) is 4.35. The Morgan fingerprint density at radius 3 is 2.69 bits per heavy atom. The summed E-state index contributed by atoms with van der Waals surface area (Å²) >= 11 is 0. The third-order valence-corrected chi connectivity index (χ3v) is 5.51. The molecule has 1 amide bonds. The summed E-state index contributed by atoms with van der Waals surface area (Å²) < 4.78 is 25.6. The normalized spacial score (nSPS) is 12.4. The van der Waals surface area contributed by atoms with Gasteiger partial charge >= 0.3 is 0 Å². The van der Waals surface area contributed by atoms with Crippen LogP contribution in [-0.2, 0) is 22.7 Å². The number of hydrogen-bond donors (Lipinski definition) is 3. The second kappa shape index (κ2) is 10.1. The molecule has 0 saturated carbocycles. The lowest BCUT2D eigenvalue weighted by Crippen LogP contribution is -2.34. The molecule has 9 nitrogen and oxygen atoms in total. The number of aromatic nitrogens is 4. The summed E-state index contributed by atoms with van der Waals surface area (Å²) in [7, 11) is 0. The van der Waals surface area contributed by atoms with Crippen LogP contribution in [0.4, 0.5) is 15.9 Å². The first-order valence-corrected chi connectivity index (χ1v) is 11.5. The zero-order chi connectivity index (χ0) is 25.1. The zero-order valence-electron chi connectivity index (χ0n) is 19.8. The highest BCUT2D eigenvalue weighted by molar-refractivity contribution is 5.77. The minimum atomic E-state index is -0.517. The van der Waals surface area contributed by atoms with Gasteiger partial charge < -0.3 is 20.1 Å². The Morgan fingerprint density at radius 1 is 1.11 bits per heavy atom. The number of amides is 1. The topological polar surface area (TPSA) is 114 Å². The molecule has 0 fully saturated rings. The maximum absolute atomic E-state index is 14.4. The number of aromatic amines is 1. The largest absolute Gasteiger partial charge is 0.484 e. The third kappa shape index (κ3) is 5.33. The van der Waals surface area contributed by atoms with Crippen LogP contribution in [0, 0.1) is 5.82 Å². The molecule has 4 aromatic rings. The molecule has 184 valence electrons. The molecular weight excluding hydrogens is 463 g/mol. The first-order chi connectivity index (χ1) is 17.4. The molecule has 1 aliphatic rings. The molecule has 5 rings (SSSR count). The van der Waals surface area contributed by atoms with Crippen LogP contribution >= 0.6 is 0 Å². The van der Waals surface area contributed by atoms with E-state index in [9.17, 15) is 9.18 Å². The Hall–Kier alpha value is -4.31. The first-order valence-electron chi connectivity index (χ1n) is 11.5. The van der Waals surface area contributed by atoms with Crippen LogP contribution in [0.15, 0.2) is 54.9 Å². The van der Waals surface area contributed by atoms with Crippen LogP contribution in [0.3, 0.4) is 0 Å².